The number of aromatic nitrogens is 2. The third kappa shape index (κ3) is 4.08. The van der Waals surface area contributed by atoms with E-state index in [9.17, 15) is 0 Å². The van der Waals surface area contributed by atoms with Crippen LogP contribution in [0.15, 0.2) is 0 Å². The van der Waals surface area contributed by atoms with Crippen LogP contribution in [0.3, 0.4) is 0 Å². The van der Waals surface area contributed by atoms with Crippen LogP contribution in [-0.4, -0.2) is 23.1 Å². The molecular formula is C17H30N4. The maximum atomic E-state index is 4.74. The summed E-state index contributed by atoms with van der Waals surface area (Å²) in [6.07, 6.45) is 8.86. The molecule has 2 rings (SSSR count). The maximum absolute atomic E-state index is 4.74. The van der Waals surface area contributed by atoms with E-state index in [0.29, 0.717) is 6.04 Å². The van der Waals surface area contributed by atoms with Gasteiger partial charge in [0.25, 0.3) is 0 Å². The minimum atomic E-state index is 0.484. The summed E-state index contributed by atoms with van der Waals surface area (Å²) < 4.78 is 0. The SMILES string of the molecule is CCCc1nc(NC)c(C)c(NC(C)C2CCCCC2)n1. The van der Waals surface area contributed by atoms with Crippen molar-refractivity contribution >= 4 is 11.6 Å². The van der Waals surface area contributed by atoms with E-state index in [2.05, 4.69) is 36.4 Å². The molecule has 0 spiro atoms. The van der Waals surface area contributed by atoms with Gasteiger partial charge >= 0.3 is 0 Å². The van der Waals surface area contributed by atoms with Crippen LogP contribution in [0.1, 0.15) is 63.8 Å². The Morgan fingerprint density at radius 1 is 1.14 bits per heavy atom. The lowest BCUT2D eigenvalue weighted by atomic mass is 9.84. The zero-order valence-electron chi connectivity index (χ0n) is 14.0. The molecule has 4 nitrogen and oxygen atoms in total. The highest BCUT2D eigenvalue weighted by molar-refractivity contribution is 5.57. The molecule has 1 atom stereocenters. The number of rotatable bonds is 6. The van der Waals surface area contributed by atoms with E-state index in [0.717, 1.165) is 41.8 Å². The van der Waals surface area contributed by atoms with Crippen molar-refractivity contribution in [3.63, 3.8) is 0 Å². The van der Waals surface area contributed by atoms with Crippen LogP contribution in [0.5, 0.6) is 0 Å². The number of aryl methyl sites for hydroxylation is 1. The number of nitrogens with one attached hydrogen (secondary N) is 2. The van der Waals surface area contributed by atoms with E-state index < -0.39 is 0 Å². The van der Waals surface area contributed by atoms with Gasteiger partial charge in [-0.15, -0.1) is 0 Å². The minimum absolute atomic E-state index is 0.484. The second-order valence-corrected chi connectivity index (χ2v) is 6.29. The second-order valence-electron chi connectivity index (χ2n) is 6.29. The number of anilines is 2. The van der Waals surface area contributed by atoms with Gasteiger partial charge in [-0.2, -0.15) is 0 Å². The molecule has 1 saturated carbocycles. The van der Waals surface area contributed by atoms with Crippen molar-refractivity contribution in [2.24, 2.45) is 5.92 Å². The van der Waals surface area contributed by atoms with Gasteiger partial charge in [-0.1, -0.05) is 26.2 Å². The van der Waals surface area contributed by atoms with E-state index in [1.165, 1.54) is 32.1 Å². The summed E-state index contributed by atoms with van der Waals surface area (Å²) in [5, 5.41) is 6.86. The van der Waals surface area contributed by atoms with E-state index >= 15 is 0 Å². The van der Waals surface area contributed by atoms with Gasteiger partial charge in [0.15, 0.2) is 0 Å². The summed E-state index contributed by atoms with van der Waals surface area (Å²) in [6.45, 7) is 6.56. The fraction of sp³-hybridized carbons (Fsp3) is 0.765. The predicted octanol–water partition coefficient (Wildman–Crippen LogP) is 4.16. The van der Waals surface area contributed by atoms with Crippen molar-refractivity contribution in [1.82, 2.24) is 9.97 Å². The Morgan fingerprint density at radius 3 is 2.43 bits per heavy atom. The number of hydrogen-bond donors (Lipinski definition) is 2. The van der Waals surface area contributed by atoms with Crippen molar-refractivity contribution in [2.75, 3.05) is 17.7 Å². The molecule has 21 heavy (non-hydrogen) atoms. The Morgan fingerprint density at radius 2 is 1.81 bits per heavy atom. The quantitative estimate of drug-likeness (QED) is 0.826. The lowest BCUT2D eigenvalue weighted by Gasteiger charge is -2.29. The molecular weight excluding hydrogens is 260 g/mol. The van der Waals surface area contributed by atoms with Gasteiger partial charge in [-0.3, -0.25) is 0 Å². The largest absolute Gasteiger partial charge is 0.373 e. The van der Waals surface area contributed by atoms with Gasteiger partial charge in [-0.25, -0.2) is 9.97 Å². The molecule has 1 unspecified atom stereocenters. The van der Waals surface area contributed by atoms with E-state index in [4.69, 9.17) is 4.98 Å². The average Bonchev–Trinajstić information content (AvgIpc) is 2.51. The molecule has 118 valence electrons. The van der Waals surface area contributed by atoms with Crippen LogP contribution in [0.2, 0.25) is 0 Å². The topological polar surface area (TPSA) is 49.8 Å². The molecule has 0 aliphatic heterocycles. The minimum Gasteiger partial charge on any atom is -0.373 e. The maximum Gasteiger partial charge on any atom is 0.134 e. The van der Waals surface area contributed by atoms with Crippen LogP contribution in [0, 0.1) is 12.8 Å². The molecule has 0 saturated heterocycles. The van der Waals surface area contributed by atoms with E-state index in [-0.39, 0.29) is 0 Å². The molecule has 1 fully saturated rings. The lowest BCUT2D eigenvalue weighted by Crippen LogP contribution is -2.28. The molecule has 1 aromatic heterocycles. The highest BCUT2D eigenvalue weighted by Crippen LogP contribution is 2.29. The summed E-state index contributed by atoms with van der Waals surface area (Å²) in [7, 11) is 1.93. The highest BCUT2D eigenvalue weighted by atomic mass is 15.1. The van der Waals surface area contributed by atoms with Gasteiger partial charge in [0.05, 0.1) is 0 Å². The molecule has 0 amide bonds. The van der Waals surface area contributed by atoms with Crippen LogP contribution in [0.25, 0.3) is 0 Å². The van der Waals surface area contributed by atoms with E-state index in [1.54, 1.807) is 0 Å². The fourth-order valence-corrected chi connectivity index (χ4v) is 3.25. The number of nitrogens with zero attached hydrogens (tertiary/aromatic N) is 2. The number of hydrogen-bond acceptors (Lipinski definition) is 4. The van der Waals surface area contributed by atoms with E-state index in [1.807, 2.05) is 7.05 Å². The van der Waals surface area contributed by atoms with Gasteiger partial charge in [0.2, 0.25) is 0 Å². The lowest BCUT2D eigenvalue weighted by molar-refractivity contribution is 0.328. The fourth-order valence-electron chi connectivity index (χ4n) is 3.25. The summed E-state index contributed by atoms with van der Waals surface area (Å²) >= 11 is 0. The molecule has 1 aliphatic carbocycles. The third-order valence-corrected chi connectivity index (χ3v) is 4.62. The Balaban J connectivity index is 2.15. The Kier molecular flexibility index (Phi) is 5.83. The standard InChI is InChI=1S/C17H30N4/c1-5-9-15-20-16(18-4)12(2)17(21-15)19-13(3)14-10-7-6-8-11-14/h13-14H,5-11H2,1-4H3,(H2,18,19,20,21). The summed E-state index contributed by atoms with van der Waals surface area (Å²) in [4.78, 5) is 9.34. The first-order valence-electron chi connectivity index (χ1n) is 8.47. The molecule has 0 bridgehead atoms. The van der Waals surface area contributed by atoms with Crippen LogP contribution in [0.4, 0.5) is 11.6 Å². The highest BCUT2D eigenvalue weighted by Gasteiger charge is 2.21. The Labute approximate surface area is 129 Å². The second kappa shape index (κ2) is 7.62. The summed E-state index contributed by atoms with van der Waals surface area (Å²) in [5.74, 6) is 3.68. The average molecular weight is 290 g/mol. The van der Waals surface area contributed by atoms with Gasteiger partial charge in [-0.05, 0) is 39.0 Å². The molecule has 1 aliphatic rings. The summed E-state index contributed by atoms with van der Waals surface area (Å²) in [6, 6.07) is 0.484. The molecule has 2 N–H and O–H groups in total. The normalized spacial score (nSPS) is 17.5. The van der Waals surface area contributed by atoms with Crippen molar-refractivity contribution in [2.45, 2.75) is 71.8 Å². The van der Waals surface area contributed by atoms with Crippen molar-refractivity contribution < 1.29 is 0 Å². The van der Waals surface area contributed by atoms with Gasteiger partial charge in [0.1, 0.15) is 17.5 Å². The van der Waals surface area contributed by atoms with Crippen LogP contribution in [-0.2, 0) is 6.42 Å². The first-order valence-corrected chi connectivity index (χ1v) is 8.47. The Hall–Kier alpha value is -1.32. The van der Waals surface area contributed by atoms with Crippen molar-refractivity contribution in [3.05, 3.63) is 11.4 Å². The monoisotopic (exact) mass is 290 g/mol. The first-order chi connectivity index (χ1) is 10.2. The third-order valence-electron chi connectivity index (χ3n) is 4.62. The zero-order valence-corrected chi connectivity index (χ0v) is 14.0. The smallest absolute Gasteiger partial charge is 0.134 e. The molecule has 4 heteroatoms. The van der Waals surface area contributed by atoms with Crippen molar-refractivity contribution in [3.8, 4) is 0 Å². The molecule has 0 aromatic carbocycles. The molecule has 1 aromatic rings. The summed E-state index contributed by atoms with van der Waals surface area (Å²) in [5.41, 5.74) is 1.13. The first kappa shape index (κ1) is 16.1. The molecule has 0 radical (unpaired) electrons. The van der Waals surface area contributed by atoms with Crippen molar-refractivity contribution in [1.29, 1.82) is 0 Å². The van der Waals surface area contributed by atoms with Crippen LogP contribution < -0.4 is 10.6 Å². The Bertz CT molecular complexity index is 452. The molecule has 1 heterocycles. The van der Waals surface area contributed by atoms with Gasteiger partial charge in [0, 0.05) is 25.1 Å². The van der Waals surface area contributed by atoms with Crippen LogP contribution >= 0.6 is 0 Å². The zero-order chi connectivity index (χ0) is 15.2. The van der Waals surface area contributed by atoms with Gasteiger partial charge < -0.3 is 10.6 Å². The predicted molar refractivity (Wildman–Crippen MR) is 90.0 cm³/mol.